The van der Waals surface area contributed by atoms with Crippen LogP contribution in [0.4, 0.5) is 10.1 Å². The number of methoxy groups -OCH3 is 1. The van der Waals surface area contributed by atoms with Crippen molar-refractivity contribution in [3.63, 3.8) is 0 Å². The molecule has 2 aromatic carbocycles. The fraction of sp³-hybridized carbons (Fsp3) is 0.188. The number of nitrogens with one attached hydrogen (secondary N) is 1. The predicted molar refractivity (Wildman–Crippen MR) is 78.5 cm³/mol. The molecule has 0 bridgehead atoms. The molecule has 0 aliphatic heterocycles. The molecule has 0 unspecified atom stereocenters. The van der Waals surface area contributed by atoms with Gasteiger partial charge in [-0.3, -0.25) is 4.79 Å². The molecule has 4 nitrogen and oxygen atoms in total. The van der Waals surface area contributed by atoms with Crippen LogP contribution in [-0.2, 0) is 0 Å². The van der Waals surface area contributed by atoms with Gasteiger partial charge in [0.25, 0.3) is 5.91 Å². The van der Waals surface area contributed by atoms with Gasteiger partial charge in [0, 0.05) is 11.3 Å². The highest BCUT2D eigenvalue weighted by Gasteiger charge is 2.11. The monoisotopic (exact) mass is 289 g/mol. The highest BCUT2D eigenvalue weighted by molar-refractivity contribution is 6.04. The molecule has 0 aliphatic carbocycles. The lowest BCUT2D eigenvalue weighted by molar-refractivity contribution is 0.102. The minimum Gasteiger partial charge on any atom is -0.493 e. The molecule has 0 heterocycles. The Bertz CT molecular complexity index is 643. The molecular formula is C16H16FNO3. The SMILES string of the molecule is CCOc1cc(C(=O)Nc2cccc(F)c2)ccc1OC. The minimum absolute atomic E-state index is 0.343. The van der Waals surface area contributed by atoms with E-state index in [2.05, 4.69) is 5.32 Å². The van der Waals surface area contributed by atoms with E-state index >= 15 is 0 Å². The first-order valence-corrected chi connectivity index (χ1v) is 6.51. The maximum atomic E-state index is 13.1. The van der Waals surface area contributed by atoms with Gasteiger partial charge >= 0.3 is 0 Å². The molecule has 2 rings (SSSR count). The summed E-state index contributed by atoms with van der Waals surface area (Å²) < 4.78 is 23.7. The van der Waals surface area contributed by atoms with E-state index in [1.807, 2.05) is 6.92 Å². The van der Waals surface area contributed by atoms with Crippen LogP contribution in [-0.4, -0.2) is 19.6 Å². The summed E-state index contributed by atoms with van der Waals surface area (Å²) in [4.78, 5) is 12.2. The van der Waals surface area contributed by atoms with Crippen LogP contribution in [0.1, 0.15) is 17.3 Å². The Morgan fingerprint density at radius 3 is 2.67 bits per heavy atom. The first kappa shape index (κ1) is 14.8. The fourth-order valence-corrected chi connectivity index (χ4v) is 1.86. The summed E-state index contributed by atoms with van der Waals surface area (Å²) in [6.45, 7) is 2.31. The van der Waals surface area contributed by atoms with Gasteiger partial charge in [-0.15, -0.1) is 0 Å². The van der Waals surface area contributed by atoms with Gasteiger partial charge in [0.05, 0.1) is 13.7 Å². The third-order valence-corrected chi connectivity index (χ3v) is 2.81. The lowest BCUT2D eigenvalue weighted by atomic mass is 10.2. The number of amides is 1. The van der Waals surface area contributed by atoms with Gasteiger partial charge in [-0.05, 0) is 43.3 Å². The lowest BCUT2D eigenvalue weighted by Gasteiger charge is -2.11. The minimum atomic E-state index is -0.405. The van der Waals surface area contributed by atoms with Crippen LogP contribution in [0, 0.1) is 5.82 Å². The van der Waals surface area contributed by atoms with Crippen molar-refractivity contribution in [3.05, 3.63) is 53.8 Å². The van der Waals surface area contributed by atoms with Crippen LogP contribution in [0.15, 0.2) is 42.5 Å². The molecule has 0 saturated carbocycles. The van der Waals surface area contributed by atoms with E-state index in [0.717, 1.165) is 0 Å². The first-order chi connectivity index (χ1) is 10.1. The normalized spacial score (nSPS) is 10.0. The number of benzene rings is 2. The van der Waals surface area contributed by atoms with Crippen molar-refractivity contribution in [1.29, 1.82) is 0 Å². The van der Waals surface area contributed by atoms with Gasteiger partial charge in [0.15, 0.2) is 11.5 Å². The van der Waals surface area contributed by atoms with Crippen molar-refractivity contribution >= 4 is 11.6 Å². The number of hydrogen-bond acceptors (Lipinski definition) is 3. The van der Waals surface area contributed by atoms with Gasteiger partial charge in [-0.25, -0.2) is 4.39 Å². The second-order valence-corrected chi connectivity index (χ2v) is 4.26. The second kappa shape index (κ2) is 6.74. The standard InChI is InChI=1S/C16H16FNO3/c1-3-21-15-9-11(7-8-14(15)20-2)16(19)18-13-6-4-5-12(17)10-13/h4-10H,3H2,1-2H3,(H,18,19). The van der Waals surface area contributed by atoms with E-state index in [-0.39, 0.29) is 5.91 Å². The van der Waals surface area contributed by atoms with Crippen molar-refractivity contribution in [2.75, 3.05) is 19.0 Å². The summed E-state index contributed by atoms with van der Waals surface area (Å²) in [5.74, 6) is 0.299. The first-order valence-electron chi connectivity index (χ1n) is 6.51. The summed E-state index contributed by atoms with van der Waals surface area (Å²) >= 11 is 0. The van der Waals surface area contributed by atoms with E-state index in [1.54, 1.807) is 24.3 Å². The summed E-state index contributed by atoms with van der Waals surface area (Å²) in [6.07, 6.45) is 0. The predicted octanol–water partition coefficient (Wildman–Crippen LogP) is 3.49. The molecule has 5 heteroatoms. The largest absolute Gasteiger partial charge is 0.493 e. The van der Waals surface area contributed by atoms with Crippen LogP contribution in [0.2, 0.25) is 0 Å². The number of carbonyl (C=O) groups is 1. The smallest absolute Gasteiger partial charge is 0.255 e. The van der Waals surface area contributed by atoms with Crippen molar-refractivity contribution in [2.24, 2.45) is 0 Å². The zero-order valence-electron chi connectivity index (χ0n) is 11.9. The Morgan fingerprint density at radius 1 is 1.19 bits per heavy atom. The zero-order chi connectivity index (χ0) is 15.2. The molecule has 110 valence electrons. The third kappa shape index (κ3) is 3.72. The van der Waals surface area contributed by atoms with E-state index < -0.39 is 5.82 Å². The summed E-state index contributed by atoms with van der Waals surface area (Å²) in [6, 6.07) is 10.6. The zero-order valence-corrected chi connectivity index (χ0v) is 11.9. The molecule has 0 aromatic heterocycles. The summed E-state index contributed by atoms with van der Waals surface area (Å²) in [5, 5.41) is 2.63. The maximum absolute atomic E-state index is 13.1. The Balaban J connectivity index is 2.21. The van der Waals surface area contributed by atoms with Gasteiger partial charge in [0.1, 0.15) is 5.82 Å². The molecule has 0 fully saturated rings. The molecule has 0 radical (unpaired) electrons. The quantitative estimate of drug-likeness (QED) is 0.916. The van der Waals surface area contributed by atoms with Crippen molar-refractivity contribution in [3.8, 4) is 11.5 Å². The van der Waals surface area contributed by atoms with Crippen molar-refractivity contribution < 1.29 is 18.7 Å². The molecule has 0 atom stereocenters. The maximum Gasteiger partial charge on any atom is 0.255 e. The Kier molecular flexibility index (Phi) is 4.77. The number of hydrogen-bond donors (Lipinski definition) is 1. The Hall–Kier alpha value is -2.56. The van der Waals surface area contributed by atoms with E-state index in [4.69, 9.17) is 9.47 Å². The molecule has 2 aromatic rings. The van der Waals surface area contributed by atoms with Crippen LogP contribution in [0.3, 0.4) is 0 Å². The highest BCUT2D eigenvalue weighted by atomic mass is 19.1. The van der Waals surface area contributed by atoms with E-state index in [9.17, 15) is 9.18 Å². The molecular weight excluding hydrogens is 273 g/mol. The third-order valence-electron chi connectivity index (χ3n) is 2.81. The summed E-state index contributed by atoms with van der Waals surface area (Å²) in [5.41, 5.74) is 0.803. The van der Waals surface area contributed by atoms with Gasteiger partial charge in [0.2, 0.25) is 0 Å². The van der Waals surface area contributed by atoms with Gasteiger partial charge < -0.3 is 14.8 Å². The molecule has 0 aliphatic rings. The highest BCUT2D eigenvalue weighted by Crippen LogP contribution is 2.28. The number of carbonyl (C=O) groups excluding carboxylic acids is 1. The van der Waals surface area contributed by atoms with E-state index in [0.29, 0.717) is 29.4 Å². The van der Waals surface area contributed by atoms with Crippen LogP contribution < -0.4 is 14.8 Å². The van der Waals surface area contributed by atoms with Crippen LogP contribution in [0.5, 0.6) is 11.5 Å². The van der Waals surface area contributed by atoms with Crippen LogP contribution in [0.25, 0.3) is 0 Å². The number of ether oxygens (including phenoxy) is 2. The average molecular weight is 289 g/mol. The van der Waals surface area contributed by atoms with E-state index in [1.165, 1.54) is 25.3 Å². The van der Waals surface area contributed by atoms with Crippen molar-refractivity contribution in [1.82, 2.24) is 0 Å². The second-order valence-electron chi connectivity index (χ2n) is 4.26. The van der Waals surface area contributed by atoms with Gasteiger partial charge in [-0.1, -0.05) is 6.07 Å². The fourth-order valence-electron chi connectivity index (χ4n) is 1.86. The molecule has 0 spiro atoms. The van der Waals surface area contributed by atoms with Crippen LogP contribution >= 0.6 is 0 Å². The topological polar surface area (TPSA) is 47.6 Å². The Morgan fingerprint density at radius 2 is 2.00 bits per heavy atom. The van der Waals surface area contributed by atoms with Crippen molar-refractivity contribution in [2.45, 2.75) is 6.92 Å². The number of rotatable bonds is 5. The molecule has 1 N–H and O–H groups in total. The number of anilines is 1. The number of halogens is 1. The molecule has 21 heavy (non-hydrogen) atoms. The average Bonchev–Trinajstić information content (AvgIpc) is 2.47. The Labute approximate surface area is 122 Å². The van der Waals surface area contributed by atoms with Gasteiger partial charge in [-0.2, -0.15) is 0 Å². The summed E-state index contributed by atoms with van der Waals surface area (Å²) in [7, 11) is 1.53. The lowest BCUT2D eigenvalue weighted by Crippen LogP contribution is -2.12. The molecule has 0 saturated heterocycles. The molecule has 1 amide bonds.